The highest BCUT2D eigenvalue weighted by atomic mass is 16.5. The van der Waals surface area contributed by atoms with E-state index in [4.69, 9.17) is 9.84 Å². The smallest absolute Gasteiger partial charge is 0.257 e. The van der Waals surface area contributed by atoms with Crippen LogP contribution >= 0.6 is 0 Å². The quantitative estimate of drug-likeness (QED) is 0.830. The second kappa shape index (κ2) is 7.40. The van der Waals surface area contributed by atoms with Crippen molar-refractivity contribution >= 4 is 5.82 Å². The van der Waals surface area contributed by atoms with Crippen molar-refractivity contribution in [1.82, 2.24) is 14.9 Å². The van der Waals surface area contributed by atoms with Gasteiger partial charge in [-0.25, -0.2) is 9.97 Å². The lowest BCUT2D eigenvalue weighted by atomic mass is 10.3. The number of hydrogen-bond acceptors (Lipinski definition) is 6. The van der Waals surface area contributed by atoms with Crippen LogP contribution in [-0.2, 0) is 0 Å². The Morgan fingerprint density at radius 2 is 1.90 bits per heavy atom. The molecule has 0 spiro atoms. The summed E-state index contributed by atoms with van der Waals surface area (Å²) >= 11 is 0. The summed E-state index contributed by atoms with van der Waals surface area (Å²) in [5.41, 5.74) is 0. The third-order valence-electron chi connectivity index (χ3n) is 3.30. The largest absolute Gasteiger partial charge is 0.472 e. The fourth-order valence-corrected chi connectivity index (χ4v) is 2.32. The second-order valence-electron chi connectivity index (χ2n) is 5.26. The number of ether oxygens (including phenoxy) is 1. The third kappa shape index (κ3) is 4.05. The third-order valence-corrected chi connectivity index (χ3v) is 3.30. The number of aliphatic hydroxyl groups excluding tert-OH is 1. The van der Waals surface area contributed by atoms with E-state index in [1.165, 1.54) is 0 Å². The molecule has 2 rings (SSSR count). The number of aliphatic hydroxyl groups is 1. The van der Waals surface area contributed by atoms with Crippen molar-refractivity contribution in [2.24, 2.45) is 0 Å². The van der Waals surface area contributed by atoms with Crippen LogP contribution in [0.1, 0.15) is 20.3 Å². The number of anilines is 1. The van der Waals surface area contributed by atoms with E-state index in [1.54, 1.807) is 12.4 Å². The Morgan fingerprint density at radius 1 is 1.20 bits per heavy atom. The standard InChI is InChI=1S/C14H24N4O2/c1-12(2)20-14-13(15-4-5-16-14)18-9-7-17(8-10-18)6-3-11-19/h4-5,12,19H,3,6-11H2,1-2H3. The summed E-state index contributed by atoms with van der Waals surface area (Å²) in [6.07, 6.45) is 4.31. The van der Waals surface area contributed by atoms with Gasteiger partial charge in [0, 0.05) is 51.7 Å². The Hall–Kier alpha value is -1.40. The Labute approximate surface area is 120 Å². The van der Waals surface area contributed by atoms with E-state index in [0.717, 1.165) is 45.0 Å². The summed E-state index contributed by atoms with van der Waals surface area (Å²) in [5.74, 6) is 1.45. The van der Waals surface area contributed by atoms with Gasteiger partial charge < -0.3 is 14.7 Å². The predicted octanol–water partition coefficient (Wildman–Crippen LogP) is 0.768. The fraction of sp³-hybridized carbons (Fsp3) is 0.714. The lowest BCUT2D eigenvalue weighted by Crippen LogP contribution is -2.47. The lowest BCUT2D eigenvalue weighted by molar-refractivity contribution is 0.212. The Bertz CT molecular complexity index is 406. The van der Waals surface area contributed by atoms with Crippen LogP contribution < -0.4 is 9.64 Å². The van der Waals surface area contributed by atoms with E-state index < -0.39 is 0 Å². The van der Waals surface area contributed by atoms with E-state index in [9.17, 15) is 0 Å². The molecule has 1 saturated heterocycles. The fourth-order valence-electron chi connectivity index (χ4n) is 2.32. The molecule has 1 fully saturated rings. The van der Waals surface area contributed by atoms with Gasteiger partial charge in [0.05, 0.1) is 6.10 Å². The van der Waals surface area contributed by atoms with Gasteiger partial charge in [0.25, 0.3) is 5.88 Å². The molecule has 1 N–H and O–H groups in total. The van der Waals surface area contributed by atoms with E-state index in [0.29, 0.717) is 5.88 Å². The van der Waals surface area contributed by atoms with Gasteiger partial charge >= 0.3 is 0 Å². The maximum atomic E-state index is 8.88. The van der Waals surface area contributed by atoms with E-state index >= 15 is 0 Å². The molecule has 0 unspecified atom stereocenters. The molecular weight excluding hydrogens is 256 g/mol. The van der Waals surface area contributed by atoms with Gasteiger partial charge in [-0.2, -0.15) is 0 Å². The molecule has 1 aromatic rings. The molecule has 6 heteroatoms. The SMILES string of the molecule is CC(C)Oc1nccnc1N1CCN(CCCO)CC1. The van der Waals surface area contributed by atoms with Gasteiger partial charge in [-0.15, -0.1) is 0 Å². The predicted molar refractivity (Wildman–Crippen MR) is 78.2 cm³/mol. The average molecular weight is 280 g/mol. The molecule has 1 aliphatic heterocycles. The van der Waals surface area contributed by atoms with E-state index in [-0.39, 0.29) is 12.7 Å². The normalized spacial score (nSPS) is 16.7. The molecule has 2 heterocycles. The maximum Gasteiger partial charge on any atom is 0.257 e. The summed E-state index contributed by atoms with van der Waals surface area (Å²) in [6.45, 7) is 9.00. The first-order valence-electron chi connectivity index (χ1n) is 7.26. The molecule has 20 heavy (non-hydrogen) atoms. The van der Waals surface area contributed by atoms with Crippen molar-refractivity contribution in [3.8, 4) is 5.88 Å². The molecule has 0 saturated carbocycles. The van der Waals surface area contributed by atoms with Crippen LogP contribution in [0.15, 0.2) is 12.4 Å². The highest BCUT2D eigenvalue weighted by Gasteiger charge is 2.21. The Balaban J connectivity index is 1.96. The van der Waals surface area contributed by atoms with Crippen LogP contribution in [-0.4, -0.2) is 65.4 Å². The summed E-state index contributed by atoms with van der Waals surface area (Å²) in [5, 5.41) is 8.88. The average Bonchev–Trinajstić information content (AvgIpc) is 2.46. The number of rotatable bonds is 6. The molecule has 0 amide bonds. The Morgan fingerprint density at radius 3 is 2.55 bits per heavy atom. The molecule has 0 atom stereocenters. The van der Waals surface area contributed by atoms with Gasteiger partial charge in [-0.1, -0.05) is 0 Å². The van der Waals surface area contributed by atoms with Crippen molar-refractivity contribution in [3.63, 3.8) is 0 Å². The number of piperazine rings is 1. The van der Waals surface area contributed by atoms with Crippen LogP contribution in [0.25, 0.3) is 0 Å². The van der Waals surface area contributed by atoms with Crippen molar-refractivity contribution < 1.29 is 9.84 Å². The van der Waals surface area contributed by atoms with Gasteiger partial charge in [-0.05, 0) is 20.3 Å². The number of hydrogen-bond donors (Lipinski definition) is 1. The minimum atomic E-state index is 0.0938. The van der Waals surface area contributed by atoms with Crippen molar-refractivity contribution in [2.45, 2.75) is 26.4 Å². The molecular formula is C14H24N4O2. The molecule has 0 aromatic carbocycles. The van der Waals surface area contributed by atoms with Gasteiger partial charge in [-0.3, -0.25) is 4.90 Å². The summed E-state index contributed by atoms with van der Waals surface area (Å²) in [6, 6.07) is 0. The van der Waals surface area contributed by atoms with Gasteiger partial charge in [0.15, 0.2) is 5.82 Å². The highest BCUT2D eigenvalue weighted by Crippen LogP contribution is 2.24. The number of nitrogens with zero attached hydrogens (tertiary/aromatic N) is 4. The minimum Gasteiger partial charge on any atom is -0.472 e. The zero-order valence-electron chi connectivity index (χ0n) is 12.3. The molecule has 6 nitrogen and oxygen atoms in total. The van der Waals surface area contributed by atoms with Crippen molar-refractivity contribution in [3.05, 3.63) is 12.4 Å². The first-order valence-corrected chi connectivity index (χ1v) is 7.26. The zero-order valence-corrected chi connectivity index (χ0v) is 12.3. The minimum absolute atomic E-state index is 0.0938. The molecule has 1 aromatic heterocycles. The highest BCUT2D eigenvalue weighted by molar-refractivity contribution is 5.48. The van der Waals surface area contributed by atoms with Crippen molar-refractivity contribution in [1.29, 1.82) is 0 Å². The van der Waals surface area contributed by atoms with Crippen molar-refractivity contribution in [2.75, 3.05) is 44.2 Å². The van der Waals surface area contributed by atoms with E-state index in [1.807, 2.05) is 13.8 Å². The summed E-state index contributed by atoms with van der Waals surface area (Å²) in [7, 11) is 0. The molecule has 0 bridgehead atoms. The van der Waals surface area contributed by atoms with Gasteiger partial charge in [0.2, 0.25) is 0 Å². The second-order valence-corrected chi connectivity index (χ2v) is 5.26. The first kappa shape index (κ1) is 15.0. The first-order chi connectivity index (χ1) is 9.70. The van der Waals surface area contributed by atoms with Crippen LogP contribution in [0.3, 0.4) is 0 Å². The molecule has 1 aliphatic rings. The summed E-state index contributed by atoms with van der Waals surface area (Å²) < 4.78 is 5.73. The molecule has 0 aliphatic carbocycles. The lowest BCUT2D eigenvalue weighted by Gasteiger charge is -2.35. The number of aromatic nitrogens is 2. The van der Waals surface area contributed by atoms with Crippen LogP contribution in [0.5, 0.6) is 5.88 Å². The van der Waals surface area contributed by atoms with Crippen LogP contribution in [0, 0.1) is 0 Å². The maximum absolute atomic E-state index is 8.88. The molecule has 0 radical (unpaired) electrons. The van der Waals surface area contributed by atoms with Crippen LogP contribution in [0.4, 0.5) is 5.82 Å². The van der Waals surface area contributed by atoms with Gasteiger partial charge in [0.1, 0.15) is 0 Å². The monoisotopic (exact) mass is 280 g/mol. The Kier molecular flexibility index (Phi) is 5.55. The zero-order chi connectivity index (χ0) is 14.4. The van der Waals surface area contributed by atoms with E-state index in [2.05, 4.69) is 19.8 Å². The summed E-state index contributed by atoms with van der Waals surface area (Å²) in [4.78, 5) is 13.3. The molecule has 112 valence electrons. The van der Waals surface area contributed by atoms with Crippen LogP contribution in [0.2, 0.25) is 0 Å². The topological polar surface area (TPSA) is 61.7 Å².